The Morgan fingerprint density at radius 2 is 2.22 bits per heavy atom. The molecule has 1 aliphatic heterocycles. The van der Waals surface area contributed by atoms with Crippen LogP contribution in [0.3, 0.4) is 0 Å². The van der Waals surface area contributed by atoms with Gasteiger partial charge < -0.3 is 16.4 Å². The van der Waals surface area contributed by atoms with Crippen molar-refractivity contribution in [2.24, 2.45) is 5.73 Å². The molecule has 2 rings (SSSR count). The van der Waals surface area contributed by atoms with Gasteiger partial charge in [0, 0.05) is 6.54 Å². The second-order valence-corrected chi connectivity index (χ2v) is 4.49. The highest BCUT2D eigenvalue weighted by Crippen LogP contribution is 2.30. The first-order chi connectivity index (χ1) is 8.63. The summed E-state index contributed by atoms with van der Waals surface area (Å²) >= 11 is 0. The fourth-order valence-electron chi connectivity index (χ4n) is 2.38. The van der Waals surface area contributed by atoms with Crippen LogP contribution < -0.4 is 16.4 Å². The van der Waals surface area contributed by atoms with Gasteiger partial charge in [0.05, 0.1) is 23.0 Å². The Bertz CT molecular complexity index is 506. The minimum Gasteiger partial charge on any atom is -0.397 e. The van der Waals surface area contributed by atoms with Crippen molar-refractivity contribution in [3.63, 3.8) is 0 Å². The Balaban J connectivity index is 2.39. The van der Waals surface area contributed by atoms with Crippen molar-refractivity contribution >= 4 is 17.3 Å². The van der Waals surface area contributed by atoms with Gasteiger partial charge in [-0.1, -0.05) is 0 Å². The summed E-state index contributed by atoms with van der Waals surface area (Å²) in [6.07, 6.45) is 2.73. The molecule has 1 heterocycles. The summed E-state index contributed by atoms with van der Waals surface area (Å²) < 4.78 is 0. The van der Waals surface area contributed by atoms with E-state index in [0.717, 1.165) is 31.5 Å². The van der Waals surface area contributed by atoms with Crippen molar-refractivity contribution in [2.45, 2.75) is 25.3 Å². The zero-order valence-corrected chi connectivity index (χ0v) is 10.1. The molecule has 0 aromatic heterocycles. The SMILES string of the molecule is N#Cc1ccc(N)c(N2CCCCC2C(N)=O)c1. The molecule has 18 heavy (non-hydrogen) atoms. The third-order valence-corrected chi connectivity index (χ3v) is 3.30. The van der Waals surface area contributed by atoms with Crippen LogP contribution in [-0.4, -0.2) is 18.5 Å². The minimum absolute atomic E-state index is 0.324. The molecule has 1 aromatic carbocycles. The van der Waals surface area contributed by atoms with Gasteiger partial charge in [0.15, 0.2) is 0 Å². The summed E-state index contributed by atoms with van der Waals surface area (Å²) in [4.78, 5) is 13.4. The number of benzene rings is 1. The van der Waals surface area contributed by atoms with E-state index in [1.54, 1.807) is 18.2 Å². The molecule has 1 aliphatic rings. The van der Waals surface area contributed by atoms with E-state index in [-0.39, 0.29) is 11.9 Å². The molecule has 0 saturated carbocycles. The van der Waals surface area contributed by atoms with Crippen molar-refractivity contribution in [3.8, 4) is 6.07 Å². The van der Waals surface area contributed by atoms with Gasteiger partial charge in [0.1, 0.15) is 6.04 Å². The zero-order valence-electron chi connectivity index (χ0n) is 10.1. The molecule has 5 nitrogen and oxygen atoms in total. The van der Waals surface area contributed by atoms with E-state index in [1.165, 1.54) is 0 Å². The van der Waals surface area contributed by atoms with Crippen molar-refractivity contribution in [1.29, 1.82) is 5.26 Å². The summed E-state index contributed by atoms with van der Waals surface area (Å²) in [5, 5.41) is 8.93. The van der Waals surface area contributed by atoms with Gasteiger partial charge in [0.25, 0.3) is 0 Å². The second-order valence-electron chi connectivity index (χ2n) is 4.49. The van der Waals surface area contributed by atoms with E-state index < -0.39 is 0 Å². The number of hydrogen-bond acceptors (Lipinski definition) is 4. The molecule has 1 amide bonds. The van der Waals surface area contributed by atoms with Gasteiger partial charge in [-0.15, -0.1) is 0 Å². The molecule has 4 N–H and O–H groups in total. The first-order valence-electron chi connectivity index (χ1n) is 5.99. The van der Waals surface area contributed by atoms with Crippen molar-refractivity contribution in [1.82, 2.24) is 0 Å². The number of rotatable bonds is 2. The lowest BCUT2D eigenvalue weighted by Crippen LogP contribution is -2.48. The first-order valence-corrected chi connectivity index (χ1v) is 5.99. The number of nitriles is 1. The van der Waals surface area contributed by atoms with E-state index in [1.807, 2.05) is 4.90 Å². The van der Waals surface area contributed by atoms with Crippen LogP contribution in [0, 0.1) is 11.3 Å². The second kappa shape index (κ2) is 4.96. The Hall–Kier alpha value is -2.22. The highest BCUT2D eigenvalue weighted by Gasteiger charge is 2.28. The topological polar surface area (TPSA) is 96.1 Å². The maximum absolute atomic E-state index is 11.5. The molecule has 1 fully saturated rings. The maximum Gasteiger partial charge on any atom is 0.240 e. The van der Waals surface area contributed by atoms with Crippen LogP contribution in [0.4, 0.5) is 11.4 Å². The summed E-state index contributed by atoms with van der Waals surface area (Å²) in [6, 6.07) is 6.84. The molecule has 0 bridgehead atoms. The van der Waals surface area contributed by atoms with Crippen molar-refractivity contribution in [3.05, 3.63) is 23.8 Å². The number of carbonyl (C=O) groups is 1. The number of nitrogen functional groups attached to an aromatic ring is 1. The molecule has 1 saturated heterocycles. The minimum atomic E-state index is -0.337. The summed E-state index contributed by atoms with van der Waals surface area (Å²) in [6.45, 7) is 0.743. The number of amides is 1. The molecule has 0 spiro atoms. The summed E-state index contributed by atoms with van der Waals surface area (Å²) in [7, 11) is 0. The average Bonchev–Trinajstić information content (AvgIpc) is 2.39. The molecule has 0 radical (unpaired) electrons. The van der Waals surface area contributed by atoms with E-state index in [2.05, 4.69) is 6.07 Å². The van der Waals surface area contributed by atoms with Gasteiger partial charge in [0.2, 0.25) is 5.91 Å². The van der Waals surface area contributed by atoms with E-state index in [0.29, 0.717) is 11.3 Å². The van der Waals surface area contributed by atoms with Crippen LogP contribution in [0.2, 0.25) is 0 Å². The lowest BCUT2D eigenvalue weighted by molar-refractivity contribution is -0.119. The van der Waals surface area contributed by atoms with Crippen molar-refractivity contribution in [2.75, 3.05) is 17.2 Å². The number of anilines is 2. The van der Waals surface area contributed by atoms with Gasteiger partial charge in [-0.25, -0.2) is 0 Å². The molecular formula is C13H16N4O. The fraction of sp³-hybridized carbons (Fsp3) is 0.385. The van der Waals surface area contributed by atoms with Crippen LogP contribution in [0.25, 0.3) is 0 Å². The number of piperidine rings is 1. The van der Waals surface area contributed by atoms with E-state index in [9.17, 15) is 4.79 Å². The molecule has 1 atom stereocenters. The quantitative estimate of drug-likeness (QED) is 0.758. The number of nitrogens with two attached hydrogens (primary N) is 2. The van der Waals surface area contributed by atoms with Gasteiger partial charge in [-0.3, -0.25) is 4.79 Å². The van der Waals surface area contributed by atoms with Gasteiger partial charge in [-0.05, 0) is 37.5 Å². The number of carbonyl (C=O) groups excluding carboxylic acids is 1. The van der Waals surface area contributed by atoms with Gasteiger partial charge in [-0.2, -0.15) is 5.26 Å². The Labute approximate surface area is 106 Å². The molecular weight excluding hydrogens is 228 g/mol. The van der Waals surface area contributed by atoms with E-state index in [4.69, 9.17) is 16.7 Å². The van der Waals surface area contributed by atoms with E-state index >= 15 is 0 Å². The molecule has 94 valence electrons. The van der Waals surface area contributed by atoms with Crippen LogP contribution >= 0.6 is 0 Å². The largest absolute Gasteiger partial charge is 0.397 e. The third-order valence-electron chi connectivity index (χ3n) is 3.30. The molecule has 1 unspecified atom stereocenters. The Morgan fingerprint density at radius 1 is 1.44 bits per heavy atom. The Morgan fingerprint density at radius 3 is 2.89 bits per heavy atom. The van der Waals surface area contributed by atoms with Gasteiger partial charge >= 0.3 is 0 Å². The standard InChI is InChI=1S/C13H16N4O/c14-8-9-4-5-10(15)12(7-9)17-6-2-1-3-11(17)13(16)18/h4-5,7,11H,1-3,6,15H2,(H2,16,18). The van der Waals surface area contributed by atoms with Crippen LogP contribution in [0.15, 0.2) is 18.2 Å². The normalized spacial score (nSPS) is 19.3. The molecule has 1 aromatic rings. The zero-order chi connectivity index (χ0) is 13.1. The number of nitrogens with zero attached hydrogens (tertiary/aromatic N) is 2. The number of hydrogen-bond donors (Lipinski definition) is 2. The predicted molar refractivity (Wildman–Crippen MR) is 69.7 cm³/mol. The Kier molecular flexibility index (Phi) is 3.38. The molecule has 5 heteroatoms. The average molecular weight is 244 g/mol. The first kappa shape index (κ1) is 12.2. The van der Waals surface area contributed by atoms with Crippen LogP contribution in [-0.2, 0) is 4.79 Å². The smallest absolute Gasteiger partial charge is 0.240 e. The highest BCUT2D eigenvalue weighted by atomic mass is 16.1. The predicted octanol–water partition coefficient (Wildman–Crippen LogP) is 0.985. The molecule has 0 aliphatic carbocycles. The number of primary amides is 1. The maximum atomic E-state index is 11.5. The fourth-order valence-corrected chi connectivity index (χ4v) is 2.38. The summed E-state index contributed by atoms with van der Waals surface area (Å²) in [5.41, 5.74) is 13.2. The van der Waals surface area contributed by atoms with Crippen molar-refractivity contribution < 1.29 is 4.79 Å². The summed E-state index contributed by atoms with van der Waals surface area (Å²) in [5.74, 6) is -0.337. The third kappa shape index (κ3) is 2.23. The highest BCUT2D eigenvalue weighted by molar-refractivity contribution is 5.85. The lowest BCUT2D eigenvalue weighted by Gasteiger charge is -2.36. The van der Waals surface area contributed by atoms with Crippen LogP contribution in [0.5, 0.6) is 0 Å². The monoisotopic (exact) mass is 244 g/mol. The van der Waals surface area contributed by atoms with Crippen LogP contribution in [0.1, 0.15) is 24.8 Å². The lowest BCUT2D eigenvalue weighted by atomic mass is 10.00.